The third-order valence-electron chi connectivity index (χ3n) is 2.20. The molecule has 1 unspecified atom stereocenters. The van der Waals surface area contributed by atoms with Crippen LogP contribution in [0.4, 0.5) is 0 Å². The highest BCUT2D eigenvalue weighted by Gasteiger charge is 2.21. The summed E-state index contributed by atoms with van der Waals surface area (Å²) in [5, 5.41) is 8.78. The quantitative estimate of drug-likeness (QED) is 0.739. The predicted octanol–water partition coefficient (Wildman–Crippen LogP) is 1.30. The molecule has 0 fully saturated rings. The first kappa shape index (κ1) is 11.4. The summed E-state index contributed by atoms with van der Waals surface area (Å²) < 4.78 is 0. The zero-order chi connectivity index (χ0) is 11.3. The number of nitrogens with zero attached hydrogens (tertiary/aromatic N) is 1. The number of aryl methyl sites for hydroxylation is 1. The molecule has 0 radical (unpaired) electrons. The molecule has 0 amide bonds. The number of pyridine rings is 1. The lowest BCUT2D eigenvalue weighted by molar-refractivity contribution is -0.145. The Morgan fingerprint density at radius 2 is 2.20 bits per heavy atom. The molecule has 0 spiro atoms. The molecule has 15 heavy (non-hydrogen) atoms. The molecule has 1 N–H and O–H groups in total. The molecule has 80 valence electrons. The van der Waals surface area contributed by atoms with Gasteiger partial charge in [0, 0.05) is 11.9 Å². The molecule has 1 rings (SSSR count). The number of aromatic nitrogens is 1. The van der Waals surface area contributed by atoms with Gasteiger partial charge in [0.1, 0.15) is 11.7 Å². The second-order valence-corrected chi connectivity index (χ2v) is 3.36. The summed E-state index contributed by atoms with van der Waals surface area (Å²) in [6.07, 6.45) is 2.47. The molecule has 1 aromatic rings. The molecule has 1 heterocycles. The molecule has 4 nitrogen and oxygen atoms in total. The number of hydrogen-bond acceptors (Lipinski definition) is 3. The minimum atomic E-state index is -1.06. The average molecular weight is 207 g/mol. The number of carbonyl (C=O) groups is 2. The molecule has 0 aliphatic rings. The third kappa shape index (κ3) is 3.50. The summed E-state index contributed by atoms with van der Waals surface area (Å²) in [6.45, 7) is 1.30. The second kappa shape index (κ2) is 5.24. The fourth-order valence-corrected chi connectivity index (χ4v) is 1.34. The summed E-state index contributed by atoms with van der Waals surface area (Å²) >= 11 is 0. The minimum Gasteiger partial charge on any atom is -0.481 e. The smallest absolute Gasteiger partial charge is 0.314 e. The van der Waals surface area contributed by atoms with Crippen LogP contribution in [-0.2, 0) is 16.0 Å². The maximum atomic E-state index is 11.0. The maximum Gasteiger partial charge on any atom is 0.314 e. The van der Waals surface area contributed by atoms with Crippen molar-refractivity contribution in [2.45, 2.75) is 19.8 Å². The van der Waals surface area contributed by atoms with Gasteiger partial charge in [0.2, 0.25) is 0 Å². The fourth-order valence-electron chi connectivity index (χ4n) is 1.34. The first-order valence-corrected chi connectivity index (χ1v) is 4.74. The van der Waals surface area contributed by atoms with E-state index in [1.807, 2.05) is 12.1 Å². The van der Waals surface area contributed by atoms with E-state index in [0.717, 1.165) is 5.69 Å². The second-order valence-electron chi connectivity index (χ2n) is 3.36. The molecule has 1 atom stereocenters. The highest BCUT2D eigenvalue weighted by Crippen LogP contribution is 2.09. The van der Waals surface area contributed by atoms with Crippen molar-refractivity contribution in [3.05, 3.63) is 30.1 Å². The minimum absolute atomic E-state index is 0.307. The van der Waals surface area contributed by atoms with E-state index < -0.39 is 11.9 Å². The van der Waals surface area contributed by atoms with E-state index in [0.29, 0.717) is 12.8 Å². The van der Waals surface area contributed by atoms with Gasteiger partial charge in [-0.25, -0.2) is 0 Å². The standard InChI is InChI=1S/C11H13NO3/c1-8(13)10(11(14)15)6-5-9-4-2-3-7-12-9/h2-4,7,10H,5-6H2,1H3,(H,14,15). The Kier molecular flexibility index (Phi) is 3.97. The van der Waals surface area contributed by atoms with Gasteiger partial charge in [0.15, 0.2) is 0 Å². The van der Waals surface area contributed by atoms with Gasteiger partial charge >= 0.3 is 5.97 Å². The average Bonchev–Trinajstić information content (AvgIpc) is 2.18. The molecule has 0 aliphatic carbocycles. The fraction of sp³-hybridized carbons (Fsp3) is 0.364. The Bertz CT molecular complexity index is 334. The van der Waals surface area contributed by atoms with Crippen LogP contribution in [0.25, 0.3) is 0 Å². The first-order valence-electron chi connectivity index (χ1n) is 4.74. The number of rotatable bonds is 5. The Morgan fingerprint density at radius 3 is 2.67 bits per heavy atom. The van der Waals surface area contributed by atoms with Crippen LogP contribution in [0.5, 0.6) is 0 Å². The van der Waals surface area contributed by atoms with Crippen LogP contribution in [0.15, 0.2) is 24.4 Å². The van der Waals surface area contributed by atoms with Gasteiger partial charge in [0.05, 0.1) is 0 Å². The van der Waals surface area contributed by atoms with Gasteiger partial charge in [-0.3, -0.25) is 14.6 Å². The van der Waals surface area contributed by atoms with Crippen molar-refractivity contribution in [1.82, 2.24) is 4.98 Å². The monoisotopic (exact) mass is 207 g/mol. The van der Waals surface area contributed by atoms with Gasteiger partial charge in [-0.2, -0.15) is 0 Å². The van der Waals surface area contributed by atoms with Crippen LogP contribution in [0.3, 0.4) is 0 Å². The Balaban J connectivity index is 2.55. The van der Waals surface area contributed by atoms with Crippen molar-refractivity contribution in [1.29, 1.82) is 0 Å². The molecular formula is C11H13NO3. The van der Waals surface area contributed by atoms with Crippen LogP contribution < -0.4 is 0 Å². The number of carboxylic acids is 1. The van der Waals surface area contributed by atoms with E-state index in [4.69, 9.17) is 5.11 Å². The lowest BCUT2D eigenvalue weighted by Gasteiger charge is -2.07. The summed E-state index contributed by atoms with van der Waals surface area (Å²) in [7, 11) is 0. The molecule has 4 heteroatoms. The number of hydrogen-bond donors (Lipinski definition) is 1. The van der Waals surface area contributed by atoms with Crippen LogP contribution >= 0.6 is 0 Å². The number of aliphatic carboxylic acids is 1. The van der Waals surface area contributed by atoms with E-state index in [1.165, 1.54) is 6.92 Å². The lowest BCUT2D eigenvalue weighted by Crippen LogP contribution is -2.22. The Labute approximate surface area is 88.0 Å². The summed E-state index contributed by atoms with van der Waals surface area (Å²) in [4.78, 5) is 25.8. The third-order valence-corrected chi connectivity index (χ3v) is 2.20. The van der Waals surface area contributed by atoms with Crippen molar-refractivity contribution in [3.63, 3.8) is 0 Å². The topological polar surface area (TPSA) is 67.3 Å². The normalized spacial score (nSPS) is 12.1. The van der Waals surface area contributed by atoms with E-state index in [1.54, 1.807) is 12.3 Å². The highest BCUT2D eigenvalue weighted by molar-refractivity contribution is 5.96. The molecule has 0 aliphatic heterocycles. The van der Waals surface area contributed by atoms with E-state index in [2.05, 4.69) is 4.98 Å². The van der Waals surface area contributed by atoms with Gasteiger partial charge in [-0.1, -0.05) is 6.07 Å². The van der Waals surface area contributed by atoms with Gasteiger partial charge in [0.25, 0.3) is 0 Å². The molecule has 0 saturated heterocycles. The van der Waals surface area contributed by atoms with Crippen LogP contribution in [0, 0.1) is 5.92 Å². The zero-order valence-electron chi connectivity index (χ0n) is 8.51. The molecule has 0 bridgehead atoms. The Hall–Kier alpha value is -1.71. The number of carbonyl (C=O) groups excluding carboxylic acids is 1. The van der Waals surface area contributed by atoms with Crippen molar-refractivity contribution in [2.24, 2.45) is 5.92 Å². The largest absolute Gasteiger partial charge is 0.481 e. The maximum absolute atomic E-state index is 11.0. The van der Waals surface area contributed by atoms with Crippen molar-refractivity contribution in [2.75, 3.05) is 0 Å². The lowest BCUT2D eigenvalue weighted by atomic mass is 9.98. The van der Waals surface area contributed by atoms with Gasteiger partial charge < -0.3 is 5.11 Å². The molecule has 0 aromatic carbocycles. The van der Waals surface area contributed by atoms with Crippen molar-refractivity contribution < 1.29 is 14.7 Å². The van der Waals surface area contributed by atoms with Gasteiger partial charge in [-0.05, 0) is 31.9 Å². The Morgan fingerprint density at radius 1 is 1.47 bits per heavy atom. The van der Waals surface area contributed by atoms with Crippen molar-refractivity contribution in [3.8, 4) is 0 Å². The first-order chi connectivity index (χ1) is 7.11. The van der Waals surface area contributed by atoms with Crippen LogP contribution in [0.2, 0.25) is 0 Å². The highest BCUT2D eigenvalue weighted by atomic mass is 16.4. The van der Waals surface area contributed by atoms with Gasteiger partial charge in [-0.15, -0.1) is 0 Å². The molecular weight excluding hydrogens is 194 g/mol. The summed E-state index contributed by atoms with van der Waals surface area (Å²) in [5.41, 5.74) is 0.810. The predicted molar refractivity (Wildman–Crippen MR) is 54.4 cm³/mol. The van der Waals surface area contributed by atoms with Crippen LogP contribution in [0.1, 0.15) is 19.0 Å². The van der Waals surface area contributed by atoms with E-state index >= 15 is 0 Å². The SMILES string of the molecule is CC(=O)C(CCc1ccccn1)C(=O)O. The van der Waals surface area contributed by atoms with Crippen LogP contribution in [-0.4, -0.2) is 21.8 Å². The number of ketones is 1. The summed E-state index contributed by atoms with van der Waals surface area (Å²) in [6, 6.07) is 5.45. The summed E-state index contributed by atoms with van der Waals surface area (Å²) in [5.74, 6) is -2.27. The number of carboxylic acid groups (broad SMARTS) is 1. The zero-order valence-corrected chi connectivity index (χ0v) is 8.51. The molecule has 1 aromatic heterocycles. The van der Waals surface area contributed by atoms with Crippen molar-refractivity contribution >= 4 is 11.8 Å². The molecule has 0 saturated carbocycles. The van der Waals surface area contributed by atoms with E-state index in [-0.39, 0.29) is 5.78 Å². The number of Topliss-reactive ketones (excluding diaryl/α,β-unsaturated/α-hetero) is 1. The van der Waals surface area contributed by atoms with E-state index in [9.17, 15) is 9.59 Å².